The Labute approximate surface area is 192 Å². The maximum Gasteiger partial charge on any atom is 0.232 e. The van der Waals surface area contributed by atoms with Crippen LogP contribution in [0.15, 0.2) is 50.5 Å². The van der Waals surface area contributed by atoms with Crippen molar-refractivity contribution < 1.29 is 18.0 Å². The number of ether oxygens (including phenoxy) is 1. The molecule has 11 heteroatoms. The molecule has 0 saturated heterocycles. The van der Waals surface area contributed by atoms with E-state index >= 15 is 4.39 Å². The number of hydrogen-bond donors (Lipinski definition) is 1. The summed E-state index contributed by atoms with van der Waals surface area (Å²) in [7, 11) is 2.52. The number of amidine groups is 1. The maximum absolute atomic E-state index is 15.0. The van der Waals surface area contributed by atoms with Gasteiger partial charge in [0.1, 0.15) is 35.3 Å². The highest BCUT2D eigenvalue weighted by molar-refractivity contribution is 7.89. The Hall–Kier alpha value is -3.21. The standard InChI is InChI=1S/C22H24F2N6O2S/c1-21(2)20(25)29-22(11-23,12-33(21)26-3)14-7-13(5-6-15(14)24)18-8-16(30-32-18)17-9-28-19(31-4)10-27-17/h5-10H,11-12H2,1-4H3,(H2,25,29)/t22-,33-/m0/s1. The van der Waals surface area contributed by atoms with Crippen molar-refractivity contribution in [1.29, 1.82) is 0 Å². The van der Waals surface area contributed by atoms with Crippen molar-refractivity contribution in [2.45, 2.75) is 24.1 Å². The summed E-state index contributed by atoms with van der Waals surface area (Å²) < 4.78 is 43.9. The van der Waals surface area contributed by atoms with E-state index < -0.39 is 33.5 Å². The van der Waals surface area contributed by atoms with Gasteiger partial charge in [0.2, 0.25) is 5.88 Å². The number of alkyl halides is 1. The van der Waals surface area contributed by atoms with E-state index in [0.717, 1.165) is 0 Å². The molecule has 8 nitrogen and oxygen atoms in total. The Morgan fingerprint density at radius 1 is 1.21 bits per heavy atom. The van der Waals surface area contributed by atoms with E-state index in [-0.39, 0.29) is 17.2 Å². The van der Waals surface area contributed by atoms with E-state index in [1.165, 1.54) is 31.6 Å². The molecule has 4 rings (SSSR count). The zero-order valence-electron chi connectivity index (χ0n) is 18.7. The highest BCUT2D eigenvalue weighted by atomic mass is 32.2. The number of benzene rings is 1. The number of methoxy groups -OCH3 is 1. The molecule has 0 aliphatic carbocycles. The molecule has 1 aliphatic rings. The Bertz CT molecular complexity index is 1240. The molecule has 1 aromatic carbocycles. The summed E-state index contributed by atoms with van der Waals surface area (Å²) in [6.45, 7) is 2.91. The summed E-state index contributed by atoms with van der Waals surface area (Å²) in [5.74, 6) is 0.635. The number of nitrogens with zero attached hydrogens (tertiary/aromatic N) is 5. The first-order chi connectivity index (χ1) is 15.7. The van der Waals surface area contributed by atoms with Crippen LogP contribution >= 0.6 is 0 Å². The molecule has 0 radical (unpaired) electrons. The van der Waals surface area contributed by atoms with E-state index in [1.807, 2.05) is 13.8 Å². The van der Waals surface area contributed by atoms with Gasteiger partial charge in [-0.3, -0.25) is 9.36 Å². The molecule has 0 unspecified atom stereocenters. The van der Waals surface area contributed by atoms with Gasteiger partial charge in [-0.25, -0.2) is 18.7 Å². The van der Waals surface area contributed by atoms with E-state index in [4.69, 9.17) is 15.0 Å². The summed E-state index contributed by atoms with van der Waals surface area (Å²) in [6.07, 6.45) is 2.97. The molecule has 174 valence electrons. The number of rotatable bonds is 5. The smallest absolute Gasteiger partial charge is 0.232 e. The first-order valence-corrected chi connectivity index (χ1v) is 11.5. The molecule has 2 N–H and O–H groups in total. The molecule has 0 fully saturated rings. The van der Waals surface area contributed by atoms with Crippen molar-refractivity contribution in [3.8, 4) is 28.6 Å². The topological polar surface area (TPSA) is 112 Å². The van der Waals surface area contributed by atoms with Gasteiger partial charge in [-0.05, 0) is 32.0 Å². The van der Waals surface area contributed by atoms with Gasteiger partial charge in [0.05, 0.1) is 24.3 Å². The van der Waals surface area contributed by atoms with Crippen molar-refractivity contribution >= 4 is 16.5 Å². The summed E-state index contributed by atoms with van der Waals surface area (Å²) in [4.78, 5) is 12.8. The van der Waals surface area contributed by atoms with E-state index in [1.54, 1.807) is 19.2 Å². The molecular weight excluding hydrogens is 450 g/mol. The number of aromatic nitrogens is 3. The average molecular weight is 475 g/mol. The van der Waals surface area contributed by atoms with Crippen molar-refractivity contribution in [3.63, 3.8) is 0 Å². The van der Waals surface area contributed by atoms with Crippen molar-refractivity contribution in [3.05, 3.63) is 48.0 Å². The van der Waals surface area contributed by atoms with Gasteiger partial charge in [-0.2, -0.15) is 0 Å². The van der Waals surface area contributed by atoms with Gasteiger partial charge in [0.15, 0.2) is 5.76 Å². The second-order valence-electron chi connectivity index (χ2n) is 8.08. The van der Waals surface area contributed by atoms with Crippen molar-refractivity contribution in [1.82, 2.24) is 15.1 Å². The van der Waals surface area contributed by atoms with Gasteiger partial charge in [0.25, 0.3) is 0 Å². The second-order valence-corrected chi connectivity index (χ2v) is 10.5. The van der Waals surface area contributed by atoms with Crippen LogP contribution in [-0.4, -0.2) is 52.3 Å². The van der Waals surface area contributed by atoms with Crippen LogP contribution in [-0.2, 0) is 16.2 Å². The lowest BCUT2D eigenvalue weighted by Gasteiger charge is -2.40. The highest BCUT2D eigenvalue weighted by Gasteiger charge is 2.45. The number of aliphatic imine (C=N–C) groups is 1. The van der Waals surface area contributed by atoms with Gasteiger partial charge in [-0.1, -0.05) is 15.8 Å². The Morgan fingerprint density at radius 3 is 2.64 bits per heavy atom. The fraction of sp³-hybridized carbons (Fsp3) is 0.364. The summed E-state index contributed by atoms with van der Waals surface area (Å²) in [6, 6.07) is 6.00. The first kappa shape index (κ1) is 23.0. The van der Waals surface area contributed by atoms with Crippen LogP contribution in [0.4, 0.5) is 8.78 Å². The molecule has 33 heavy (non-hydrogen) atoms. The second kappa shape index (κ2) is 8.62. The molecule has 3 heterocycles. The third-order valence-corrected chi connectivity index (χ3v) is 8.30. The quantitative estimate of drug-likeness (QED) is 0.604. The fourth-order valence-electron chi connectivity index (χ4n) is 3.62. The first-order valence-electron chi connectivity index (χ1n) is 10.1. The minimum atomic E-state index is -1.47. The molecule has 2 aromatic heterocycles. The Kier molecular flexibility index (Phi) is 6.00. The minimum Gasteiger partial charge on any atom is -0.480 e. The van der Waals surface area contributed by atoms with Crippen molar-refractivity contribution in [2.75, 3.05) is 26.6 Å². The lowest BCUT2D eigenvalue weighted by molar-refractivity contribution is 0.329. The predicted molar refractivity (Wildman–Crippen MR) is 123 cm³/mol. The minimum absolute atomic E-state index is 0.101. The maximum atomic E-state index is 15.0. The van der Waals surface area contributed by atoms with Crippen LogP contribution in [0.1, 0.15) is 19.4 Å². The number of hydrogen-bond acceptors (Lipinski definition) is 8. The van der Waals surface area contributed by atoms with Crippen LogP contribution in [0.5, 0.6) is 5.88 Å². The Morgan fingerprint density at radius 2 is 2.00 bits per heavy atom. The summed E-state index contributed by atoms with van der Waals surface area (Å²) in [5, 5.41) is 4.03. The molecule has 1 aliphatic heterocycles. The van der Waals surface area contributed by atoms with Crippen LogP contribution in [0, 0.1) is 5.82 Å². The predicted octanol–water partition coefficient (Wildman–Crippen LogP) is 3.69. The molecule has 0 spiro atoms. The summed E-state index contributed by atoms with van der Waals surface area (Å²) in [5.41, 5.74) is 6.29. The lowest BCUT2D eigenvalue weighted by atomic mass is 9.90. The van der Waals surface area contributed by atoms with E-state index in [0.29, 0.717) is 28.6 Å². The van der Waals surface area contributed by atoms with Gasteiger partial charge >= 0.3 is 0 Å². The molecule has 0 bridgehead atoms. The third kappa shape index (κ3) is 4.01. The van der Waals surface area contributed by atoms with E-state index in [9.17, 15) is 4.39 Å². The number of nitrogens with two attached hydrogens (primary N) is 1. The lowest BCUT2D eigenvalue weighted by Crippen LogP contribution is -2.53. The molecule has 3 aromatic rings. The van der Waals surface area contributed by atoms with Crippen molar-refractivity contribution in [2.24, 2.45) is 15.1 Å². The average Bonchev–Trinajstić information content (AvgIpc) is 3.31. The monoisotopic (exact) mass is 474 g/mol. The molecule has 2 atom stereocenters. The zero-order chi connectivity index (χ0) is 23.8. The van der Waals surface area contributed by atoms with Gasteiger partial charge < -0.3 is 15.0 Å². The highest BCUT2D eigenvalue weighted by Crippen LogP contribution is 2.39. The van der Waals surface area contributed by atoms with Gasteiger partial charge in [-0.15, -0.1) is 0 Å². The van der Waals surface area contributed by atoms with Gasteiger partial charge in [0, 0.05) is 30.0 Å². The zero-order valence-corrected chi connectivity index (χ0v) is 19.5. The fourth-order valence-corrected chi connectivity index (χ4v) is 5.60. The third-order valence-electron chi connectivity index (χ3n) is 5.72. The summed E-state index contributed by atoms with van der Waals surface area (Å²) >= 11 is 0. The SMILES string of the molecule is CN=[S@]1C[C@@](CF)(c2cc(-c3cc(-c4cnc(OC)cn4)no3)ccc2F)N=C(N)C1(C)C. The van der Waals surface area contributed by atoms with Crippen LogP contribution in [0.3, 0.4) is 0 Å². The largest absolute Gasteiger partial charge is 0.480 e. The van der Waals surface area contributed by atoms with E-state index in [2.05, 4.69) is 24.5 Å². The molecule has 0 amide bonds. The molecule has 0 saturated carbocycles. The van der Waals surface area contributed by atoms with Crippen LogP contribution in [0.2, 0.25) is 0 Å². The Balaban J connectivity index is 1.76. The van der Waals surface area contributed by atoms with Crippen LogP contribution in [0.25, 0.3) is 22.7 Å². The normalized spacial score (nSPS) is 22.2. The van der Waals surface area contributed by atoms with Crippen LogP contribution < -0.4 is 10.5 Å². The number of halogens is 2. The molecular formula is C22H24F2N6O2S.